The molecule has 0 bridgehead atoms. The van der Waals surface area contributed by atoms with Crippen molar-refractivity contribution in [2.75, 3.05) is 39.6 Å². The second kappa shape index (κ2) is 8.20. The first-order chi connectivity index (χ1) is 11.9. The van der Waals surface area contributed by atoms with E-state index >= 15 is 0 Å². The monoisotopic (exact) mass is 368 g/mol. The number of nitrogens with one attached hydrogen (secondary N) is 3. The van der Waals surface area contributed by atoms with Crippen molar-refractivity contribution >= 4 is 28.4 Å². The Hall–Kier alpha value is -2.28. The first-order valence-corrected chi connectivity index (χ1v) is 8.21. The normalized spacial score (nSPS) is 20.6. The zero-order valence-corrected chi connectivity index (χ0v) is 15.2. The van der Waals surface area contributed by atoms with E-state index in [9.17, 15) is 9.18 Å². The molecule has 1 heterocycles. The minimum Gasteiger partial charge on any atom is -0.492 e. The van der Waals surface area contributed by atoms with E-state index in [1.54, 1.807) is 31.1 Å². The minimum absolute atomic E-state index is 0.0184. The Labute approximate surface area is 151 Å². The van der Waals surface area contributed by atoms with E-state index in [-0.39, 0.29) is 28.7 Å². The number of nitrogens with zero attached hydrogens (tertiary/aromatic N) is 1. The van der Waals surface area contributed by atoms with Gasteiger partial charge < -0.3 is 20.3 Å². The number of allylic oxidation sites excluding steroid dienone is 1. The van der Waals surface area contributed by atoms with Gasteiger partial charge in [0.2, 0.25) is 5.91 Å². The SMILES string of the molecule is CN/C(=C\C(=N)Cl)[C@H]1CN(C)C(=O)[C@@H]1CNc1cccc(F)c1OC. The van der Waals surface area contributed by atoms with Gasteiger partial charge in [-0.15, -0.1) is 0 Å². The summed E-state index contributed by atoms with van der Waals surface area (Å²) in [7, 11) is 4.86. The van der Waals surface area contributed by atoms with Crippen LogP contribution < -0.4 is 15.4 Å². The summed E-state index contributed by atoms with van der Waals surface area (Å²) in [4.78, 5) is 14.1. The molecular weight excluding hydrogens is 347 g/mol. The highest BCUT2D eigenvalue weighted by Crippen LogP contribution is 2.32. The quantitative estimate of drug-likeness (QED) is 0.645. The maximum Gasteiger partial charge on any atom is 0.227 e. The number of benzene rings is 1. The average Bonchev–Trinajstić information content (AvgIpc) is 2.85. The highest BCUT2D eigenvalue weighted by molar-refractivity contribution is 6.67. The van der Waals surface area contributed by atoms with Gasteiger partial charge in [-0.3, -0.25) is 10.2 Å². The number of rotatable bonds is 7. The molecule has 8 heteroatoms. The van der Waals surface area contributed by atoms with Crippen molar-refractivity contribution in [3.05, 3.63) is 35.8 Å². The van der Waals surface area contributed by atoms with E-state index in [1.165, 1.54) is 19.3 Å². The van der Waals surface area contributed by atoms with Crippen LogP contribution >= 0.6 is 11.6 Å². The first-order valence-electron chi connectivity index (χ1n) is 7.83. The summed E-state index contributed by atoms with van der Waals surface area (Å²) in [5, 5.41) is 13.5. The van der Waals surface area contributed by atoms with Crippen LogP contribution in [0.2, 0.25) is 0 Å². The Balaban J connectivity index is 2.22. The Morgan fingerprint density at radius 3 is 2.88 bits per heavy atom. The molecule has 1 aliphatic rings. The zero-order valence-electron chi connectivity index (χ0n) is 14.4. The number of hydrogen-bond acceptors (Lipinski definition) is 5. The number of para-hydroxylation sites is 1. The number of ether oxygens (including phenoxy) is 1. The van der Waals surface area contributed by atoms with Crippen molar-refractivity contribution in [1.29, 1.82) is 5.41 Å². The number of carbonyl (C=O) groups excluding carboxylic acids is 1. The standard InChI is InChI=1S/C17H22ClFN4O2/c1-21-14(7-15(18)20)11-9-23(2)17(24)10(11)8-22-13-6-4-5-12(19)16(13)25-3/h4-7,10-11,20-22H,8-9H2,1-3H3/b14-7-,20-15?/t10-,11+/m1/s1. The largest absolute Gasteiger partial charge is 0.492 e. The van der Waals surface area contributed by atoms with Crippen molar-refractivity contribution in [1.82, 2.24) is 10.2 Å². The minimum atomic E-state index is -0.467. The number of anilines is 1. The number of hydrogen-bond donors (Lipinski definition) is 3. The van der Waals surface area contributed by atoms with E-state index in [0.29, 0.717) is 18.8 Å². The lowest BCUT2D eigenvalue weighted by Crippen LogP contribution is -2.30. The molecule has 1 aromatic carbocycles. The summed E-state index contributed by atoms with van der Waals surface area (Å²) >= 11 is 5.67. The van der Waals surface area contributed by atoms with Gasteiger partial charge >= 0.3 is 0 Å². The average molecular weight is 369 g/mol. The lowest BCUT2D eigenvalue weighted by molar-refractivity contribution is -0.129. The van der Waals surface area contributed by atoms with Crippen LogP contribution in [0.3, 0.4) is 0 Å². The van der Waals surface area contributed by atoms with Gasteiger partial charge in [0, 0.05) is 38.8 Å². The molecule has 0 saturated carbocycles. The summed E-state index contributed by atoms with van der Waals surface area (Å²) in [6.07, 6.45) is 1.51. The van der Waals surface area contributed by atoms with E-state index in [1.807, 2.05) is 0 Å². The van der Waals surface area contributed by atoms with Crippen LogP contribution in [-0.2, 0) is 4.79 Å². The van der Waals surface area contributed by atoms with Crippen molar-refractivity contribution in [2.45, 2.75) is 0 Å². The predicted molar refractivity (Wildman–Crippen MR) is 96.8 cm³/mol. The number of halogens is 2. The molecule has 0 radical (unpaired) electrons. The molecule has 3 N–H and O–H groups in total. The van der Waals surface area contributed by atoms with Gasteiger partial charge in [0.25, 0.3) is 0 Å². The lowest BCUT2D eigenvalue weighted by atomic mass is 9.91. The molecule has 0 spiro atoms. The molecule has 1 fully saturated rings. The van der Waals surface area contributed by atoms with Crippen molar-refractivity contribution in [3.8, 4) is 5.75 Å². The number of amides is 1. The highest BCUT2D eigenvalue weighted by Gasteiger charge is 2.40. The summed E-state index contributed by atoms with van der Waals surface area (Å²) in [6, 6.07) is 4.59. The summed E-state index contributed by atoms with van der Waals surface area (Å²) < 4.78 is 18.9. The third-order valence-electron chi connectivity index (χ3n) is 4.30. The topological polar surface area (TPSA) is 77.5 Å². The van der Waals surface area contributed by atoms with Gasteiger partial charge in [-0.2, -0.15) is 0 Å². The van der Waals surface area contributed by atoms with Gasteiger partial charge in [0.15, 0.2) is 11.6 Å². The molecule has 6 nitrogen and oxygen atoms in total. The summed E-state index contributed by atoms with van der Waals surface area (Å²) in [6.45, 7) is 0.824. The maximum atomic E-state index is 13.8. The van der Waals surface area contributed by atoms with Crippen molar-refractivity contribution in [3.63, 3.8) is 0 Å². The summed E-state index contributed by atoms with van der Waals surface area (Å²) in [5.41, 5.74) is 1.21. The van der Waals surface area contributed by atoms with Crippen LogP contribution in [0.5, 0.6) is 5.75 Å². The fraction of sp³-hybridized carbons (Fsp3) is 0.412. The Bertz CT molecular complexity index is 695. The third-order valence-corrected chi connectivity index (χ3v) is 4.41. The zero-order chi connectivity index (χ0) is 18.6. The van der Waals surface area contributed by atoms with Gasteiger partial charge in [0.1, 0.15) is 5.17 Å². The molecule has 0 unspecified atom stereocenters. The summed E-state index contributed by atoms with van der Waals surface area (Å²) in [5.74, 6) is -0.883. The molecule has 136 valence electrons. The van der Waals surface area contributed by atoms with Crippen LogP contribution in [0.15, 0.2) is 30.0 Å². The lowest BCUT2D eigenvalue weighted by Gasteiger charge is -2.21. The van der Waals surface area contributed by atoms with Crippen LogP contribution in [0.1, 0.15) is 0 Å². The number of methoxy groups -OCH3 is 1. The molecule has 0 aromatic heterocycles. The molecule has 1 saturated heterocycles. The van der Waals surface area contributed by atoms with Crippen molar-refractivity contribution in [2.24, 2.45) is 11.8 Å². The first kappa shape index (κ1) is 19.1. The van der Waals surface area contributed by atoms with Crippen LogP contribution in [0.25, 0.3) is 0 Å². The fourth-order valence-electron chi connectivity index (χ4n) is 3.09. The molecule has 0 aliphatic carbocycles. The van der Waals surface area contributed by atoms with Crippen LogP contribution in [0, 0.1) is 23.1 Å². The Kier molecular flexibility index (Phi) is 6.25. The smallest absolute Gasteiger partial charge is 0.227 e. The van der Waals surface area contributed by atoms with Gasteiger partial charge in [-0.25, -0.2) is 4.39 Å². The van der Waals surface area contributed by atoms with E-state index in [2.05, 4.69) is 10.6 Å². The molecule has 1 aliphatic heterocycles. The second-order valence-electron chi connectivity index (χ2n) is 5.83. The van der Waals surface area contributed by atoms with E-state index in [0.717, 1.165) is 5.70 Å². The maximum absolute atomic E-state index is 13.8. The van der Waals surface area contributed by atoms with Gasteiger partial charge in [-0.1, -0.05) is 17.7 Å². The molecule has 1 amide bonds. The molecule has 2 atom stereocenters. The predicted octanol–water partition coefficient (Wildman–Crippen LogP) is 2.27. The van der Waals surface area contributed by atoms with Crippen molar-refractivity contribution < 1.29 is 13.9 Å². The Morgan fingerprint density at radius 1 is 1.56 bits per heavy atom. The second-order valence-corrected chi connectivity index (χ2v) is 6.24. The van der Waals surface area contributed by atoms with Crippen LogP contribution in [-0.4, -0.2) is 50.3 Å². The molecular formula is C17H22ClFN4O2. The number of carbonyl (C=O) groups is 1. The molecule has 1 aromatic rings. The van der Waals surface area contributed by atoms with E-state index < -0.39 is 5.82 Å². The van der Waals surface area contributed by atoms with E-state index in [4.69, 9.17) is 21.7 Å². The van der Waals surface area contributed by atoms with Crippen LogP contribution in [0.4, 0.5) is 10.1 Å². The van der Waals surface area contributed by atoms with Gasteiger partial charge in [0.05, 0.1) is 18.7 Å². The van der Waals surface area contributed by atoms with Gasteiger partial charge in [-0.05, 0) is 18.2 Å². The number of likely N-dealkylation sites (tertiary alicyclic amines) is 1. The Morgan fingerprint density at radius 2 is 2.28 bits per heavy atom. The highest BCUT2D eigenvalue weighted by atomic mass is 35.5. The fourth-order valence-corrected chi connectivity index (χ4v) is 3.21. The molecule has 2 rings (SSSR count). The molecule has 25 heavy (non-hydrogen) atoms. The third kappa shape index (κ3) is 4.22.